The van der Waals surface area contributed by atoms with Crippen LogP contribution >= 0.6 is 0 Å². The fraction of sp³-hybridized carbons (Fsp3) is 0. The maximum Gasteiger partial charge on any atom is -0.00199 e. The van der Waals surface area contributed by atoms with Gasteiger partial charge in [-0.25, -0.2) is 0 Å². The molecule has 0 aliphatic heterocycles. The highest BCUT2D eigenvalue weighted by Crippen LogP contribution is 2.44. The number of hydrogen-bond acceptors (Lipinski definition) is 0. The Kier molecular flexibility index (Phi) is 6.35. The van der Waals surface area contributed by atoms with Gasteiger partial charge in [-0.2, -0.15) is 0 Å². The van der Waals surface area contributed by atoms with Crippen LogP contribution in [0, 0.1) is 0 Å². The molecule has 11 rings (SSSR count). The van der Waals surface area contributed by atoms with E-state index in [0.29, 0.717) is 0 Å². The van der Waals surface area contributed by atoms with Crippen LogP contribution < -0.4 is 0 Å². The first-order valence-corrected chi connectivity index (χ1v) is 18.1. The minimum atomic E-state index is 1.23. The Bertz CT molecular complexity index is 3240. The van der Waals surface area contributed by atoms with Crippen molar-refractivity contribution in [1.29, 1.82) is 0 Å². The number of fused-ring (bicyclic) bond motifs is 11. The lowest BCUT2D eigenvalue weighted by atomic mass is 9.86. The summed E-state index contributed by atoms with van der Waals surface area (Å²) in [7, 11) is 0. The van der Waals surface area contributed by atoms with E-state index in [9.17, 15) is 0 Å². The van der Waals surface area contributed by atoms with Gasteiger partial charge in [-0.1, -0.05) is 158 Å². The van der Waals surface area contributed by atoms with Gasteiger partial charge in [0, 0.05) is 0 Å². The molecule has 0 fully saturated rings. The molecule has 0 saturated heterocycles. The van der Waals surface area contributed by atoms with Crippen LogP contribution in [0.1, 0.15) is 0 Å². The van der Waals surface area contributed by atoms with Gasteiger partial charge in [-0.3, -0.25) is 0 Å². The monoisotopic (exact) mass is 656 g/mol. The zero-order valence-corrected chi connectivity index (χ0v) is 28.5. The van der Waals surface area contributed by atoms with Gasteiger partial charge in [-0.15, -0.1) is 0 Å². The molecule has 0 unspecified atom stereocenters. The van der Waals surface area contributed by atoms with E-state index in [4.69, 9.17) is 0 Å². The van der Waals surface area contributed by atoms with Crippen LogP contribution in [0.25, 0.3) is 109 Å². The lowest BCUT2D eigenvalue weighted by Gasteiger charge is -2.17. The first kappa shape index (κ1) is 29.0. The second-order valence-electron chi connectivity index (χ2n) is 14.1. The summed E-state index contributed by atoms with van der Waals surface area (Å²) in [6.45, 7) is 0. The van der Waals surface area contributed by atoms with Crippen LogP contribution in [0.15, 0.2) is 194 Å². The van der Waals surface area contributed by atoms with Gasteiger partial charge in [0.1, 0.15) is 0 Å². The molecule has 0 nitrogen and oxygen atoms in total. The quantitative estimate of drug-likeness (QED) is 0.166. The van der Waals surface area contributed by atoms with Crippen LogP contribution in [-0.2, 0) is 0 Å². The lowest BCUT2D eigenvalue weighted by molar-refractivity contribution is 1.65. The van der Waals surface area contributed by atoms with E-state index >= 15 is 0 Å². The summed E-state index contributed by atoms with van der Waals surface area (Å²) in [5, 5.41) is 17.9. The Morgan fingerprint density at radius 2 is 0.596 bits per heavy atom. The highest BCUT2D eigenvalue weighted by Gasteiger charge is 2.17. The summed E-state index contributed by atoms with van der Waals surface area (Å²) < 4.78 is 0. The third kappa shape index (κ3) is 4.48. The van der Waals surface area contributed by atoms with E-state index in [2.05, 4.69) is 194 Å². The molecule has 0 N–H and O–H groups in total. The summed E-state index contributed by atoms with van der Waals surface area (Å²) in [6.07, 6.45) is 0. The molecule has 0 heterocycles. The van der Waals surface area contributed by atoms with E-state index in [1.807, 2.05) is 0 Å². The van der Waals surface area contributed by atoms with Crippen LogP contribution in [0.3, 0.4) is 0 Å². The Morgan fingerprint density at radius 3 is 1.29 bits per heavy atom. The van der Waals surface area contributed by atoms with Gasteiger partial charge in [0.2, 0.25) is 0 Å². The zero-order chi connectivity index (χ0) is 34.2. The molecule has 0 spiro atoms. The summed E-state index contributed by atoms with van der Waals surface area (Å²) >= 11 is 0. The molecule has 0 radical (unpaired) electrons. The predicted molar refractivity (Wildman–Crippen MR) is 225 cm³/mol. The first-order chi connectivity index (χ1) is 25.8. The van der Waals surface area contributed by atoms with Crippen molar-refractivity contribution in [2.75, 3.05) is 0 Å². The highest BCUT2D eigenvalue weighted by atomic mass is 14.2. The molecule has 0 heteroatoms. The second kappa shape index (κ2) is 11.4. The van der Waals surface area contributed by atoms with Gasteiger partial charge in [0.25, 0.3) is 0 Å². The van der Waals surface area contributed by atoms with Crippen molar-refractivity contribution in [2.45, 2.75) is 0 Å². The van der Waals surface area contributed by atoms with Gasteiger partial charge in [0.15, 0.2) is 0 Å². The predicted octanol–water partition coefficient (Wildman–Crippen LogP) is 14.8. The Balaban J connectivity index is 1.12. The van der Waals surface area contributed by atoms with E-state index < -0.39 is 0 Å². The van der Waals surface area contributed by atoms with E-state index in [1.54, 1.807) is 0 Å². The fourth-order valence-electron chi connectivity index (χ4n) is 8.67. The van der Waals surface area contributed by atoms with E-state index in [-0.39, 0.29) is 0 Å². The van der Waals surface area contributed by atoms with Crippen molar-refractivity contribution in [3.8, 4) is 33.4 Å². The van der Waals surface area contributed by atoms with Gasteiger partial charge < -0.3 is 0 Å². The maximum atomic E-state index is 2.45. The second-order valence-corrected chi connectivity index (χ2v) is 14.1. The number of benzene rings is 11. The molecular formula is C52H32. The molecular weight excluding hydrogens is 625 g/mol. The summed E-state index contributed by atoms with van der Waals surface area (Å²) in [5.74, 6) is 0. The van der Waals surface area contributed by atoms with Crippen LogP contribution in [0.5, 0.6) is 0 Å². The van der Waals surface area contributed by atoms with Crippen molar-refractivity contribution in [2.24, 2.45) is 0 Å². The molecule has 0 aliphatic carbocycles. The van der Waals surface area contributed by atoms with E-state index in [1.165, 1.54) is 109 Å². The Morgan fingerprint density at radius 1 is 0.192 bits per heavy atom. The molecule has 0 atom stereocenters. The molecule has 0 aliphatic rings. The highest BCUT2D eigenvalue weighted by molar-refractivity contribution is 6.33. The molecule has 52 heavy (non-hydrogen) atoms. The number of rotatable bonds is 3. The number of hydrogen-bond donors (Lipinski definition) is 0. The Labute approximate surface area is 301 Å². The average molecular weight is 657 g/mol. The molecule has 0 aromatic heterocycles. The smallest absolute Gasteiger partial charge is 0.00199 e. The topological polar surface area (TPSA) is 0 Å². The van der Waals surface area contributed by atoms with Crippen LogP contribution in [0.4, 0.5) is 0 Å². The van der Waals surface area contributed by atoms with Gasteiger partial charge in [-0.05, 0) is 145 Å². The summed E-state index contributed by atoms with van der Waals surface area (Å²) in [4.78, 5) is 0. The lowest BCUT2D eigenvalue weighted by Crippen LogP contribution is -1.90. The van der Waals surface area contributed by atoms with Gasteiger partial charge >= 0.3 is 0 Å². The zero-order valence-electron chi connectivity index (χ0n) is 28.5. The summed E-state index contributed by atoms with van der Waals surface area (Å²) in [6, 6.07) is 72.0. The standard InChI is InChI=1S/C52H32/c1-2-12-34-27-35(22-21-33(34)11-1)36-23-24-38-29-40(26-25-37(38)28-36)49-31-41(30-39-13-3-4-14-42(39)49)50-32-51-45-17-6-5-15-43(45)44-16-7-9-19-47(44)52(51)48-20-10-8-18-46(48)50/h1-32H. The van der Waals surface area contributed by atoms with Crippen molar-refractivity contribution in [1.82, 2.24) is 0 Å². The first-order valence-electron chi connectivity index (χ1n) is 18.1. The van der Waals surface area contributed by atoms with Crippen molar-refractivity contribution in [3.63, 3.8) is 0 Å². The minimum Gasteiger partial charge on any atom is -0.0616 e. The third-order valence-electron chi connectivity index (χ3n) is 11.2. The molecule has 240 valence electrons. The van der Waals surface area contributed by atoms with Crippen molar-refractivity contribution >= 4 is 75.4 Å². The normalized spacial score (nSPS) is 11.8. The van der Waals surface area contributed by atoms with Crippen molar-refractivity contribution in [3.05, 3.63) is 194 Å². The van der Waals surface area contributed by atoms with E-state index in [0.717, 1.165) is 0 Å². The Hall–Kier alpha value is -6.76. The largest absolute Gasteiger partial charge is 0.0616 e. The average Bonchev–Trinajstić information content (AvgIpc) is 3.22. The molecule has 11 aromatic rings. The van der Waals surface area contributed by atoms with Crippen LogP contribution in [-0.4, -0.2) is 0 Å². The summed E-state index contributed by atoms with van der Waals surface area (Å²) in [5.41, 5.74) is 7.45. The minimum absolute atomic E-state index is 1.23. The third-order valence-corrected chi connectivity index (χ3v) is 11.2. The fourth-order valence-corrected chi connectivity index (χ4v) is 8.67. The van der Waals surface area contributed by atoms with Gasteiger partial charge in [0.05, 0.1) is 0 Å². The molecule has 0 amide bonds. The van der Waals surface area contributed by atoms with Crippen LogP contribution in [0.2, 0.25) is 0 Å². The maximum absolute atomic E-state index is 2.45. The van der Waals surface area contributed by atoms with Crippen molar-refractivity contribution < 1.29 is 0 Å². The molecule has 0 bridgehead atoms. The molecule has 11 aromatic carbocycles. The SMILES string of the molecule is c1ccc2cc(-c3ccc4cc(-c5cc(-c6cc7c8ccccc8c8ccccc8c7c7ccccc67)cc6ccccc56)ccc4c3)ccc2c1. The molecule has 0 saturated carbocycles.